The van der Waals surface area contributed by atoms with Gasteiger partial charge in [0.05, 0.1) is 5.75 Å². The minimum Gasteiger partial charge on any atom is -0.369 e. The van der Waals surface area contributed by atoms with E-state index in [0.29, 0.717) is 19.5 Å². The molecule has 0 N–H and O–H groups in total. The summed E-state index contributed by atoms with van der Waals surface area (Å²) < 4.78 is 25.7. The van der Waals surface area contributed by atoms with Gasteiger partial charge in [0, 0.05) is 31.9 Å². The molecule has 1 saturated heterocycles. The van der Waals surface area contributed by atoms with Gasteiger partial charge in [-0.05, 0) is 43.5 Å². The van der Waals surface area contributed by atoms with Crippen LogP contribution in [0.4, 0.5) is 5.69 Å². The van der Waals surface area contributed by atoms with Crippen molar-refractivity contribution in [1.29, 1.82) is 0 Å². The second-order valence-corrected chi connectivity index (χ2v) is 7.56. The Morgan fingerprint density at radius 3 is 2.25 bits per heavy atom. The molecule has 0 aliphatic carbocycles. The van der Waals surface area contributed by atoms with Crippen molar-refractivity contribution in [2.75, 3.05) is 36.8 Å². The maximum atomic E-state index is 12.0. The summed E-state index contributed by atoms with van der Waals surface area (Å²) in [4.78, 5) is 2.27. The van der Waals surface area contributed by atoms with Gasteiger partial charge in [-0.3, -0.25) is 0 Å². The van der Waals surface area contributed by atoms with Gasteiger partial charge >= 0.3 is 0 Å². The second-order valence-electron chi connectivity index (χ2n) is 5.47. The molecule has 0 bridgehead atoms. The summed E-state index contributed by atoms with van der Waals surface area (Å²) in [5.41, 5.74) is 3.77. The number of anilines is 1. The van der Waals surface area contributed by atoms with Crippen LogP contribution in [0.15, 0.2) is 18.2 Å². The third-order valence-electron chi connectivity index (χ3n) is 3.95. The maximum absolute atomic E-state index is 12.0. The van der Waals surface area contributed by atoms with E-state index in [4.69, 9.17) is 0 Å². The van der Waals surface area contributed by atoms with E-state index in [1.54, 1.807) is 4.31 Å². The van der Waals surface area contributed by atoms with Gasteiger partial charge in [-0.2, -0.15) is 4.31 Å². The molecule has 0 amide bonds. The average molecular weight is 296 g/mol. The molecule has 0 unspecified atom stereocenters. The molecule has 0 aromatic heterocycles. The third kappa shape index (κ3) is 3.33. The number of aryl methyl sites for hydroxylation is 2. The number of benzene rings is 1. The molecule has 4 nitrogen and oxygen atoms in total. The average Bonchev–Trinajstić information content (AvgIpc) is 2.42. The summed E-state index contributed by atoms with van der Waals surface area (Å²) in [6, 6.07) is 6.44. The fraction of sp³-hybridized carbons (Fsp3) is 0.600. The topological polar surface area (TPSA) is 40.6 Å². The Hall–Kier alpha value is -1.07. The summed E-state index contributed by atoms with van der Waals surface area (Å²) in [7, 11) is -3.05. The van der Waals surface area contributed by atoms with Crippen LogP contribution in [0, 0.1) is 13.8 Å². The molecular formula is C15H24N2O2S. The van der Waals surface area contributed by atoms with Crippen LogP contribution in [0.2, 0.25) is 0 Å². The summed E-state index contributed by atoms with van der Waals surface area (Å²) >= 11 is 0. The zero-order valence-electron chi connectivity index (χ0n) is 12.6. The van der Waals surface area contributed by atoms with Gasteiger partial charge < -0.3 is 4.90 Å². The van der Waals surface area contributed by atoms with Crippen molar-refractivity contribution in [3.63, 3.8) is 0 Å². The van der Waals surface area contributed by atoms with Crippen molar-refractivity contribution in [2.24, 2.45) is 0 Å². The van der Waals surface area contributed by atoms with Crippen molar-refractivity contribution in [3.8, 4) is 0 Å². The Morgan fingerprint density at radius 2 is 1.70 bits per heavy atom. The van der Waals surface area contributed by atoms with Crippen molar-refractivity contribution in [2.45, 2.75) is 27.2 Å². The highest BCUT2D eigenvalue weighted by Gasteiger charge is 2.26. The molecule has 1 heterocycles. The first-order valence-corrected chi connectivity index (χ1v) is 8.85. The van der Waals surface area contributed by atoms with Gasteiger partial charge in [0.2, 0.25) is 10.0 Å². The van der Waals surface area contributed by atoms with Gasteiger partial charge in [-0.15, -0.1) is 0 Å². The monoisotopic (exact) mass is 296 g/mol. The second kappa shape index (κ2) is 6.14. The minimum atomic E-state index is -3.05. The minimum absolute atomic E-state index is 0.261. The zero-order valence-corrected chi connectivity index (χ0v) is 13.4. The molecule has 1 aromatic rings. The summed E-state index contributed by atoms with van der Waals surface area (Å²) in [5.74, 6) is 0.261. The van der Waals surface area contributed by atoms with Crippen LogP contribution in [-0.2, 0) is 10.0 Å². The van der Waals surface area contributed by atoms with Crippen LogP contribution < -0.4 is 4.90 Å². The van der Waals surface area contributed by atoms with E-state index in [1.165, 1.54) is 16.8 Å². The Bertz CT molecular complexity index is 561. The third-order valence-corrected chi connectivity index (χ3v) is 6.03. The SMILES string of the molecule is CCCS(=O)(=O)N1CCN(c2ccc(C)c(C)c2)CC1. The predicted molar refractivity (Wildman–Crippen MR) is 83.8 cm³/mol. The lowest BCUT2D eigenvalue weighted by Gasteiger charge is -2.35. The number of piperazine rings is 1. The molecule has 1 aliphatic heterocycles. The molecule has 1 fully saturated rings. The van der Waals surface area contributed by atoms with Crippen LogP contribution in [0.5, 0.6) is 0 Å². The van der Waals surface area contributed by atoms with Crippen LogP contribution in [-0.4, -0.2) is 44.7 Å². The molecule has 1 aromatic carbocycles. The fourth-order valence-electron chi connectivity index (χ4n) is 2.53. The molecule has 1 aliphatic rings. The molecule has 0 spiro atoms. The molecular weight excluding hydrogens is 272 g/mol. The highest BCUT2D eigenvalue weighted by Crippen LogP contribution is 2.21. The number of nitrogens with zero attached hydrogens (tertiary/aromatic N) is 2. The molecule has 20 heavy (non-hydrogen) atoms. The molecule has 2 rings (SSSR count). The summed E-state index contributed by atoms with van der Waals surface area (Å²) in [5, 5.41) is 0. The van der Waals surface area contributed by atoms with Gasteiger partial charge in [-0.25, -0.2) is 8.42 Å². The fourth-order valence-corrected chi connectivity index (χ4v) is 4.03. The number of rotatable bonds is 4. The molecule has 0 radical (unpaired) electrons. The van der Waals surface area contributed by atoms with Gasteiger partial charge in [0.15, 0.2) is 0 Å². The van der Waals surface area contributed by atoms with E-state index in [0.717, 1.165) is 13.1 Å². The molecule has 5 heteroatoms. The van der Waals surface area contributed by atoms with Crippen LogP contribution in [0.3, 0.4) is 0 Å². The van der Waals surface area contributed by atoms with E-state index in [1.807, 2.05) is 6.92 Å². The number of sulfonamides is 1. The van der Waals surface area contributed by atoms with E-state index < -0.39 is 10.0 Å². The van der Waals surface area contributed by atoms with Crippen LogP contribution in [0.1, 0.15) is 24.5 Å². The maximum Gasteiger partial charge on any atom is 0.214 e. The van der Waals surface area contributed by atoms with Crippen molar-refractivity contribution < 1.29 is 8.42 Å². The molecule has 0 atom stereocenters. The quantitative estimate of drug-likeness (QED) is 0.855. The Morgan fingerprint density at radius 1 is 1.05 bits per heavy atom. The Kier molecular flexibility index (Phi) is 4.70. The van der Waals surface area contributed by atoms with Crippen molar-refractivity contribution in [3.05, 3.63) is 29.3 Å². The highest BCUT2D eigenvalue weighted by atomic mass is 32.2. The van der Waals surface area contributed by atoms with Crippen LogP contribution in [0.25, 0.3) is 0 Å². The van der Waals surface area contributed by atoms with E-state index >= 15 is 0 Å². The van der Waals surface area contributed by atoms with Crippen molar-refractivity contribution >= 4 is 15.7 Å². The summed E-state index contributed by atoms with van der Waals surface area (Å²) in [6.45, 7) is 8.85. The smallest absolute Gasteiger partial charge is 0.214 e. The summed E-state index contributed by atoms with van der Waals surface area (Å²) in [6.07, 6.45) is 0.680. The first-order valence-electron chi connectivity index (χ1n) is 7.24. The lowest BCUT2D eigenvalue weighted by Crippen LogP contribution is -2.49. The lowest BCUT2D eigenvalue weighted by atomic mass is 10.1. The predicted octanol–water partition coefficient (Wildman–Crippen LogP) is 2.17. The molecule has 0 saturated carbocycles. The Balaban J connectivity index is 2.02. The Labute approximate surface area is 122 Å². The first-order chi connectivity index (χ1) is 9.44. The molecule has 112 valence electrons. The number of hydrogen-bond acceptors (Lipinski definition) is 3. The van der Waals surface area contributed by atoms with E-state index in [-0.39, 0.29) is 5.75 Å². The lowest BCUT2D eigenvalue weighted by molar-refractivity contribution is 0.384. The van der Waals surface area contributed by atoms with E-state index in [9.17, 15) is 8.42 Å². The van der Waals surface area contributed by atoms with Gasteiger partial charge in [0.1, 0.15) is 0 Å². The van der Waals surface area contributed by atoms with Gasteiger partial charge in [0.25, 0.3) is 0 Å². The van der Waals surface area contributed by atoms with Gasteiger partial charge in [-0.1, -0.05) is 13.0 Å². The highest BCUT2D eigenvalue weighted by molar-refractivity contribution is 7.89. The standard InChI is InChI=1S/C15H24N2O2S/c1-4-11-20(18,19)17-9-7-16(8-10-17)15-6-5-13(2)14(3)12-15/h5-6,12H,4,7-11H2,1-3H3. The zero-order chi connectivity index (χ0) is 14.8. The van der Waals surface area contributed by atoms with Crippen molar-refractivity contribution in [1.82, 2.24) is 4.31 Å². The van der Waals surface area contributed by atoms with E-state index in [2.05, 4.69) is 36.9 Å². The first kappa shape index (κ1) is 15.3. The largest absolute Gasteiger partial charge is 0.369 e. The normalized spacial score (nSPS) is 17.4. The van der Waals surface area contributed by atoms with Crippen LogP contribution >= 0.6 is 0 Å². The number of hydrogen-bond donors (Lipinski definition) is 0.